The molecular formula is C10H10N2O4. The number of hydrogen-bond acceptors (Lipinski definition) is 4. The van der Waals surface area contributed by atoms with Crippen molar-refractivity contribution in [3.8, 4) is 0 Å². The molecule has 2 amide bonds. The highest BCUT2D eigenvalue weighted by molar-refractivity contribution is 5.70. The zero-order chi connectivity index (χ0) is 11.5. The summed E-state index contributed by atoms with van der Waals surface area (Å²) in [5.41, 5.74) is 6.78. The molecule has 1 aromatic rings. The summed E-state index contributed by atoms with van der Waals surface area (Å²) >= 11 is 0. The lowest BCUT2D eigenvalue weighted by molar-refractivity contribution is -0.185. The summed E-state index contributed by atoms with van der Waals surface area (Å²) in [6, 6.07) is 7.65. The Balaban J connectivity index is 1.96. The number of amides is 2. The van der Waals surface area contributed by atoms with Gasteiger partial charge in [-0.15, -0.1) is 0 Å². The Morgan fingerprint density at radius 1 is 1.12 bits per heavy atom. The molecule has 1 aliphatic rings. The summed E-state index contributed by atoms with van der Waals surface area (Å²) in [5.74, 6) is 0. The second-order valence-corrected chi connectivity index (χ2v) is 3.38. The van der Waals surface area contributed by atoms with E-state index in [4.69, 9.17) is 0 Å². The van der Waals surface area contributed by atoms with Gasteiger partial charge in [0.05, 0.1) is 0 Å². The molecule has 2 N–H and O–H groups in total. The van der Waals surface area contributed by atoms with Crippen LogP contribution >= 0.6 is 0 Å². The molecule has 0 saturated heterocycles. The fraction of sp³-hybridized carbons (Fsp3) is 0.200. The van der Waals surface area contributed by atoms with Gasteiger partial charge in [-0.05, 0) is 11.1 Å². The molecule has 0 atom stereocenters. The predicted molar refractivity (Wildman–Crippen MR) is 52.8 cm³/mol. The lowest BCUT2D eigenvalue weighted by Gasteiger charge is -2.12. The summed E-state index contributed by atoms with van der Waals surface area (Å²) < 4.78 is 0. The average molecular weight is 222 g/mol. The Bertz CT molecular complexity index is 408. The van der Waals surface area contributed by atoms with E-state index in [1.165, 1.54) is 4.90 Å². The number of nitrogens with two attached hydrogens (primary N) is 1. The van der Waals surface area contributed by atoms with Crippen molar-refractivity contribution in [2.45, 2.75) is 13.1 Å². The van der Waals surface area contributed by atoms with Crippen molar-refractivity contribution in [1.82, 2.24) is 4.90 Å². The van der Waals surface area contributed by atoms with Crippen LogP contribution in [0, 0.1) is 0 Å². The van der Waals surface area contributed by atoms with Crippen LogP contribution < -0.4 is 5.73 Å². The maximum atomic E-state index is 11.4. The topological polar surface area (TPSA) is 81.9 Å². The van der Waals surface area contributed by atoms with Gasteiger partial charge in [0.25, 0.3) is 0 Å². The number of hydrogen-bond donors (Lipinski definition) is 1. The molecule has 16 heavy (non-hydrogen) atoms. The first-order valence-corrected chi connectivity index (χ1v) is 4.66. The van der Waals surface area contributed by atoms with Gasteiger partial charge in [-0.25, -0.2) is 19.4 Å². The molecule has 0 spiro atoms. The molecule has 2 rings (SSSR count). The summed E-state index contributed by atoms with van der Waals surface area (Å²) in [6.07, 6.45) is -1.87. The molecular weight excluding hydrogens is 212 g/mol. The lowest BCUT2D eigenvalue weighted by atomic mass is 10.1. The average Bonchev–Trinajstić information content (AvgIpc) is 2.69. The van der Waals surface area contributed by atoms with Crippen molar-refractivity contribution in [2.75, 3.05) is 0 Å². The van der Waals surface area contributed by atoms with Crippen LogP contribution in [0.15, 0.2) is 24.3 Å². The van der Waals surface area contributed by atoms with Crippen LogP contribution in [-0.4, -0.2) is 17.1 Å². The monoisotopic (exact) mass is 222 g/mol. The summed E-state index contributed by atoms with van der Waals surface area (Å²) in [5, 5.41) is 0. The smallest absolute Gasteiger partial charge is 0.332 e. The van der Waals surface area contributed by atoms with Gasteiger partial charge in [0.15, 0.2) is 0 Å². The Morgan fingerprint density at radius 3 is 2.19 bits per heavy atom. The van der Waals surface area contributed by atoms with E-state index in [-0.39, 0.29) is 0 Å². The third-order valence-electron chi connectivity index (χ3n) is 2.29. The number of rotatable bonds is 0. The Morgan fingerprint density at radius 2 is 1.69 bits per heavy atom. The van der Waals surface area contributed by atoms with Gasteiger partial charge < -0.3 is 5.73 Å². The highest BCUT2D eigenvalue weighted by Crippen LogP contribution is 2.22. The summed E-state index contributed by atoms with van der Waals surface area (Å²) in [6.45, 7) is 0.883. The molecule has 0 radical (unpaired) electrons. The molecule has 0 aromatic heterocycles. The minimum Gasteiger partial charge on any atom is -0.332 e. The predicted octanol–water partition coefficient (Wildman–Crippen LogP) is 1.15. The number of primary amides is 1. The second kappa shape index (κ2) is 4.09. The second-order valence-electron chi connectivity index (χ2n) is 3.38. The molecule has 0 unspecified atom stereocenters. The zero-order valence-corrected chi connectivity index (χ0v) is 8.38. The molecule has 0 aliphatic carbocycles. The van der Waals surface area contributed by atoms with E-state index in [0.717, 1.165) is 11.1 Å². The van der Waals surface area contributed by atoms with E-state index in [9.17, 15) is 9.59 Å². The quantitative estimate of drug-likeness (QED) is 0.527. The maximum Gasteiger partial charge on any atom is 0.453 e. The highest BCUT2D eigenvalue weighted by atomic mass is 17.2. The lowest BCUT2D eigenvalue weighted by Crippen LogP contribution is -2.28. The van der Waals surface area contributed by atoms with Gasteiger partial charge in [-0.3, -0.25) is 4.90 Å². The molecule has 6 nitrogen and oxygen atoms in total. The van der Waals surface area contributed by atoms with Crippen LogP contribution in [0.5, 0.6) is 0 Å². The number of carbonyl (C=O) groups excluding carboxylic acids is 2. The van der Waals surface area contributed by atoms with Crippen molar-refractivity contribution in [3.05, 3.63) is 35.4 Å². The largest absolute Gasteiger partial charge is 0.453 e. The van der Waals surface area contributed by atoms with Gasteiger partial charge in [0.2, 0.25) is 0 Å². The Kier molecular flexibility index (Phi) is 2.63. The summed E-state index contributed by atoms with van der Waals surface area (Å²) in [4.78, 5) is 31.2. The maximum absolute atomic E-state index is 11.4. The van der Waals surface area contributed by atoms with Gasteiger partial charge in [0, 0.05) is 13.1 Å². The minimum absolute atomic E-state index is 0.442. The van der Waals surface area contributed by atoms with Gasteiger partial charge in [0.1, 0.15) is 0 Å². The van der Waals surface area contributed by atoms with Crippen LogP contribution in [-0.2, 0) is 22.9 Å². The van der Waals surface area contributed by atoms with Crippen molar-refractivity contribution < 1.29 is 19.4 Å². The number of nitrogens with zero attached hydrogens (tertiary/aromatic N) is 1. The molecule has 1 aliphatic heterocycles. The number of benzene rings is 1. The molecule has 0 saturated carbocycles. The highest BCUT2D eigenvalue weighted by Gasteiger charge is 2.25. The fourth-order valence-corrected chi connectivity index (χ4v) is 1.59. The first-order chi connectivity index (χ1) is 7.66. The third kappa shape index (κ3) is 2.05. The molecule has 1 aromatic carbocycles. The van der Waals surface area contributed by atoms with E-state index in [2.05, 4.69) is 15.5 Å². The fourth-order valence-electron chi connectivity index (χ4n) is 1.59. The SMILES string of the molecule is NC(=O)OOC(=O)N1Cc2ccccc2C1. The van der Waals surface area contributed by atoms with Crippen molar-refractivity contribution in [2.24, 2.45) is 5.73 Å². The van der Waals surface area contributed by atoms with Crippen molar-refractivity contribution >= 4 is 12.2 Å². The summed E-state index contributed by atoms with van der Waals surface area (Å²) in [7, 11) is 0. The normalized spacial score (nSPS) is 13.1. The first kappa shape index (κ1) is 10.3. The number of carbonyl (C=O) groups is 2. The van der Waals surface area contributed by atoms with E-state index in [1.807, 2.05) is 24.3 Å². The van der Waals surface area contributed by atoms with E-state index < -0.39 is 12.2 Å². The van der Waals surface area contributed by atoms with Crippen LogP contribution in [0.3, 0.4) is 0 Å². The van der Waals surface area contributed by atoms with Crippen LogP contribution in [0.25, 0.3) is 0 Å². The van der Waals surface area contributed by atoms with Crippen LogP contribution in [0.2, 0.25) is 0 Å². The van der Waals surface area contributed by atoms with Crippen LogP contribution in [0.1, 0.15) is 11.1 Å². The van der Waals surface area contributed by atoms with Crippen LogP contribution in [0.4, 0.5) is 9.59 Å². The van der Waals surface area contributed by atoms with Crippen molar-refractivity contribution in [1.29, 1.82) is 0 Å². The van der Waals surface area contributed by atoms with E-state index >= 15 is 0 Å². The Hall–Kier alpha value is -2.24. The molecule has 0 fully saturated rings. The molecule has 0 bridgehead atoms. The van der Waals surface area contributed by atoms with Gasteiger partial charge in [-0.2, -0.15) is 0 Å². The first-order valence-electron chi connectivity index (χ1n) is 4.66. The van der Waals surface area contributed by atoms with E-state index in [1.54, 1.807) is 0 Å². The minimum atomic E-state index is -1.15. The molecule has 84 valence electrons. The molecule has 6 heteroatoms. The van der Waals surface area contributed by atoms with Crippen molar-refractivity contribution in [3.63, 3.8) is 0 Å². The van der Waals surface area contributed by atoms with Gasteiger partial charge >= 0.3 is 12.2 Å². The van der Waals surface area contributed by atoms with Gasteiger partial charge in [-0.1, -0.05) is 24.3 Å². The van der Waals surface area contributed by atoms with E-state index in [0.29, 0.717) is 13.1 Å². The Labute approximate surface area is 91.5 Å². The molecule has 1 heterocycles. The third-order valence-corrected chi connectivity index (χ3v) is 2.29. The number of fused-ring (bicyclic) bond motifs is 1. The zero-order valence-electron chi connectivity index (χ0n) is 8.38. The standard InChI is InChI=1S/C10H10N2O4/c11-9(13)15-16-10(14)12-5-7-3-1-2-4-8(7)6-12/h1-4H,5-6H2,(H2,11,13).